The molecule has 0 N–H and O–H groups in total. The van der Waals surface area contributed by atoms with E-state index >= 15 is 0 Å². The lowest BCUT2D eigenvalue weighted by atomic mass is 10.0. The SMILES string of the molecule is CC(=O)Oc1ccc(C(=O)c2ccc(F)c(F)c2)cc1. The number of ether oxygens (including phenoxy) is 1. The maximum absolute atomic E-state index is 13.1. The molecule has 0 fully saturated rings. The smallest absolute Gasteiger partial charge is 0.308 e. The van der Waals surface area contributed by atoms with E-state index in [1.807, 2.05) is 0 Å². The van der Waals surface area contributed by atoms with Crippen molar-refractivity contribution in [2.45, 2.75) is 6.92 Å². The van der Waals surface area contributed by atoms with Crippen molar-refractivity contribution < 1.29 is 23.1 Å². The highest BCUT2D eigenvalue weighted by molar-refractivity contribution is 6.09. The standard InChI is InChI=1S/C15H10F2O3/c1-9(18)20-12-5-2-10(3-6-12)15(19)11-4-7-13(16)14(17)8-11/h2-8H,1H3. The van der Waals surface area contributed by atoms with Crippen molar-refractivity contribution in [1.82, 2.24) is 0 Å². The topological polar surface area (TPSA) is 43.4 Å². The van der Waals surface area contributed by atoms with E-state index in [-0.39, 0.29) is 11.1 Å². The third-order valence-corrected chi connectivity index (χ3v) is 2.56. The summed E-state index contributed by atoms with van der Waals surface area (Å²) in [6.07, 6.45) is 0. The zero-order valence-corrected chi connectivity index (χ0v) is 10.5. The van der Waals surface area contributed by atoms with Gasteiger partial charge in [-0.25, -0.2) is 8.78 Å². The van der Waals surface area contributed by atoms with Crippen LogP contribution in [0.25, 0.3) is 0 Å². The fraction of sp³-hybridized carbons (Fsp3) is 0.0667. The Kier molecular flexibility index (Phi) is 3.89. The van der Waals surface area contributed by atoms with Gasteiger partial charge in [0.1, 0.15) is 5.75 Å². The molecule has 2 aromatic rings. The highest BCUT2D eigenvalue weighted by atomic mass is 19.2. The Hall–Kier alpha value is -2.56. The first-order valence-electron chi connectivity index (χ1n) is 5.75. The molecular formula is C15H10F2O3. The zero-order valence-electron chi connectivity index (χ0n) is 10.5. The van der Waals surface area contributed by atoms with Gasteiger partial charge in [-0.1, -0.05) is 0 Å². The molecule has 0 bridgehead atoms. The molecule has 0 heterocycles. The summed E-state index contributed by atoms with van der Waals surface area (Å²) in [5.41, 5.74) is 0.330. The lowest BCUT2D eigenvalue weighted by Crippen LogP contribution is -2.04. The average Bonchev–Trinajstić information content (AvgIpc) is 2.41. The molecule has 5 heteroatoms. The van der Waals surface area contributed by atoms with E-state index < -0.39 is 23.4 Å². The van der Waals surface area contributed by atoms with Crippen molar-refractivity contribution >= 4 is 11.8 Å². The molecule has 3 nitrogen and oxygen atoms in total. The van der Waals surface area contributed by atoms with Gasteiger partial charge in [-0.2, -0.15) is 0 Å². The Labute approximate surface area is 113 Å². The highest BCUT2D eigenvalue weighted by Crippen LogP contribution is 2.17. The van der Waals surface area contributed by atoms with Crippen molar-refractivity contribution in [2.75, 3.05) is 0 Å². The first kappa shape index (κ1) is 13.9. The van der Waals surface area contributed by atoms with Gasteiger partial charge in [0.05, 0.1) is 0 Å². The monoisotopic (exact) mass is 276 g/mol. The number of hydrogen-bond donors (Lipinski definition) is 0. The average molecular weight is 276 g/mol. The fourth-order valence-electron chi connectivity index (χ4n) is 1.64. The summed E-state index contributed by atoms with van der Waals surface area (Å²) in [7, 11) is 0. The third kappa shape index (κ3) is 3.06. The van der Waals surface area contributed by atoms with Gasteiger partial charge in [0.25, 0.3) is 0 Å². The van der Waals surface area contributed by atoms with Gasteiger partial charge in [-0.3, -0.25) is 9.59 Å². The van der Waals surface area contributed by atoms with E-state index in [9.17, 15) is 18.4 Å². The van der Waals surface area contributed by atoms with Gasteiger partial charge in [0.15, 0.2) is 17.4 Å². The van der Waals surface area contributed by atoms with Gasteiger partial charge in [0.2, 0.25) is 0 Å². The van der Waals surface area contributed by atoms with E-state index in [0.717, 1.165) is 12.1 Å². The second kappa shape index (κ2) is 5.61. The van der Waals surface area contributed by atoms with E-state index in [2.05, 4.69) is 0 Å². The quantitative estimate of drug-likeness (QED) is 0.491. The van der Waals surface area contributed by atoms with Crippen molar-refractivity contribution in [3.05, 3.63) is 65.2 Å². The minimum atomic E-state index is -1.08. The van der Waals surface area contributed by atoms with Crippen LogP contribution in [0.2, 0.25) is 0 Å². The minimum Gasteiger partial charge on any atom is -0.427 e. The molecule has 0 saturated carbocycles. The van der Waals surface area contributed by atoms with Crippen LogP contribution >= 0.6 is 0 Å². The molecule has 0 spiro atoms. The van der Waals surface area contributed by atoms with Crippen LogP contribution in [0.3, 0.4) is 0 Å². The Balaban J connectivity index is 2.24. The summed E-state index contributed by atoms with van der Waals surface area (Å²) in [6.45, 7) is 1.26. The second-order valence-corrected chi connectivity index (χ2v) is 4.08. The molecule has 0 saturated heterocycles. The summed E-state index contributed by atoms with van der Waals surface area (Å²) in [6, 6.07) is 8.75. The normalized spacial score (nSPS) is 10.2. The van der Waals surface area contributed by atoms with Gasteiger partial charge >= 0.3 is 5.97 Å². The zero-order chi connectivity index (χ0) is 14.7. The van der Waals surface area contributed by atoms with Gasteiger partial charge < -0.3 is 4.74 Å². The predicted octanol–water partition coefficient (Wildman–Crippen LogP) is 3.12. The number of carbonyl (C=O) groups excluding carboxylic acids is 2. The summed E-state index contributed by atoms with van der Waals surface area (Å²) < 4.78 is 30.7. The molecule has 20 heavy (non-hydrogen) atoms. The molecule has 0 amide bonds. The van der Waals surface area contributed by atoms with E-state index in [4.69, 9.17) is 4.74 Å². The number of ketones is 1. The molecule has 0 aliphatic rings. The van der Waals surface area contributed by atoms with E-state index in [0.29, 0.717) is 5.75 Å². The van der Waals surface area contributed by atoms with Crippen LogP contribution in [0.15, 0.2) is 42.5 Å². The maximum Gasteiger partial charge on any atom is 0.308 e. The number of halogens is 2. The van der Waals surface area contributed by atoms with Crippen LogP contribution in [-0.2, 0) is 4.79 Å². The first-order valence-corrected chi connectivity index (χ1v) is 5.75. The van der Waals surface area contributed by atoms with Crippen LogP contribution in [0.1, 0.15) is 22.8 Å². The molecule has 0 unspecified atom stereocenters. The van der Waals surface area contributed by atoms with Crippen molar-refractivity contribution in [1.29, 1.82) is 0 Å². The van der Waals surface area contributed by atoms with Crippen LogP contribution in [-0.4, -0.2) is 11.8 Å². The summed E-state index contributed by atoms with van der Waals surface area (Å²) in [4.78, 5) is 22.8. The molecular weight excluding hydrogens is 266 g/mol. The van der Waals surface area contributed by atoms with Gasteiger partial charge in [-0.05, 0) is 42.5 Å². The van der Waals surface area contributed by atoms with Crippen LogP contribution in [0.5, 0.6) is 5.75 Å². The number of esters is 1. The van der Waals surface area contributed by atoms with E-state index in [1.165, 1.54) is 37.3 Å². The molecule has 0 aromatic heterocycles. The molecule has 2 aromatic carbocycles. The number of carbonyl (C=O) groups is 2. The number of rotatable bonds is 3. The van der Waals surface area contributed by atoms with Crippen molar-refractivity contribution in [3.8, 4) is 5.75 Å². The second-order valence-electron chi connectivity index (χ2n) is 4.08. The summed E-state index contributed by atoms with van der Waals surface area (Å²) in [5, 5.41) is 0. The lowest BCUT2D eigenvalue weighted by molar-refractivity contribution is -0.131. The third-order valence-electron chi connectivity index (χ3n) is 2.56. The Morgan fingerprint density at radius 1 is 0.900 bits per heavy atom. The van der Waals surface area contributed by atoms with Crippen LogP contribution < -0.4 is 4.74 Å². The summed E-state index contributed by atoms with van der Waals surface area (Å²) in [5.74, 6) is -2.69. The highest BCUT2D eigenvalue weighted by Gasteiger charge is 2.12. The van der Waals surface area contributed by atoms with Gasteiger partial charge in [-0.15, -0.1) is 0 Å². The number of hydrogen-bond acceptors (Lipinski definition) is 3. The Bertz CT molecular complexity index is 663. The van der Waals surface area contributed by atoms with Crippen LogP contribution in [0.4, 0.5) is 8.78 Å². The Morgan fingerprint density at radius 3 is 2.05 bits per heavy atom. The molecule has 0 atom stereocenters. The lowest BCUT2D eigenvalue weighted by Gasteiger charge is -2.04. The fourth-order valence-corrected chi connectivity index (χ4v) is 1.64. The molecule has 0 radical (unpaired) electrons. The van der Waals surface area contributed by atoms with E-state index in [1.54, 1.807) is 0 Å². The predicted molar refractivity (Wildman–Crippen MR) is 67.5 cm³/mol. The molecule has 0 aliphatic heterocycles. The van der Waals surface area contributed by atoms with Crippen LogP contribution in [0, 0.1) is 11.6 Å². The first-order chi connectivity index (χ1) is 9.47. The van der Waals surface area contributed by atoms with Crippen molar-refractivity contribution in [2.24, 2.45) is 0 Å². The van der Waals surface area contributed by atoms with Crippen molar-refractivity contribution in [3.63, 3.8) is 0 Å². The van der Waals surface area contributed by atoms with Gasteiger partial charge in [0, 0.05) is 18.1 Å². The maximum atomic E-state index is 13.1. The molecule has 2 rings (SSSR count). The summed E-state index contributed by atoms with van der Waals surface area (Å²) >= 11 is 0. The minimum absolute atomic E-state index is 0.0455. The number of benzene rings is 2. The molecule has 0 aliphatic carbocycles. The largest absolute Gasteiger partial charge is 0.427 e. The molecule has 102 valence electrons. The Morgan fingerprint density at radius 2 is 1.50 bits per heavy atom.